The Balaban J connectivity index is 2.29. The van der Waals surface area contributed by atoms with Gasteiger partial charge < -0.3 is 10.4 Å². The highest BCUT2D eigenvalue weighted by molar-refractivity contribution is 5.82. The number of hydrogen-bond donors (Lipinski definition) is 2. The van der Waals surface area contributed by atoms with Gasteiger partial charge in [-0.05, 0) is 12.8 Å². The second-order valence-corrected chi connectivity index (χ2v) is 4.67. The van der Waals surface area contributed by atoms with Gasteiger partial charge in [-0.1, -0.05) is 20.3 Å². The lowest BCUT2D eigenvalue weighted by Crippen LogP contribution is -2.48. The lowest BCUT2D eigenvalue weighted by molar-refractivity contribution is -0.123. The predicted octanol–water partition coefficient (Wildman–Crippen LogP) is 0.672. The highest BCUT2D eigenvalue weighted by Crippen LogP contribution is 2.46. The number of amides is 1. The van der Waals surface area contributed by atoms with Crippen LogP contribution < -0.4 is 5.32 Å². The summed E-state index contributed by atoms with van der Waals surface area (Å²) in [4.78, 5) is 11.5. The summed E-state index contributed by atoms with van der Waals surface area (Å²) in [5.74, 6) is 0.154. The molecule has 1 amide bonds. The van der Waals surface area contributed by atoms with Crippen LogP contribution in [0.4, 0.5) is 0 Å². The molecule has 13 heavy (non-hydrogen) atoms. The predicted molar refractivity (Wildman–Crippen MR) is 49.1 cm³/mol. The quantitative estimate of drug-likeness (QED) is 0.580. The summed E-state index contributed by atoms with van der Waals surface area (Å²) < 4.78 is 0. The maximum Gasteiger partial charge on any atom is 0.223 e. The van der Waals surface area contributed by atoms with Crippen LogP contribution in [0.1, 0.15) is 33.1 Å². The van der Waals surface area contributed by atoms with Crippen LogP contribution in [0.3, 0.4) is 0 Å². The fourth-order valence-corrected chi connectivity index (χ4v) is 2.78. The number of nitrogens with one attached hydrogen (secondary N) is 1. The van der Waals surface area contributed by atoms with Crippen molar-refractivity contribution < 1.29 is 9.90 Å². The molecule has 0 aromatic heterocycles. The highest BCUT2D eigenvalue weighted by atomic mass is 16.3. The Hall–Kier alpha value is -0.570. The fraction of sp³-hybridized carbons (Fsp3) is 0.900. The van der Waals surface area contributed by atoms with Crippen molar-refractivity contribution in [1.82, 2.24) is 5.32 Å². The lowest BCUT2D eigenvalue weighted by atomic mass is 9.66. The van der Waals surface area contributed by atoms with Gasteiger partial charge in [0.05, 0.1) is 12.1 Å². The van der Waals surface area contributed by atoms with Crippen LogP contribution in [0.15, 0.2) is 0 Å². The Morgan fingerprint density at radius 1 is 1.62 bits per heavy atom. The standard InChI is InChI=1S/C10H17NO2/c1-6-9(13)11-8-7(12)4-3-5-10(6,8)2/h6-8,12H,3-5H2,1-2H3,(H,11,13). The van der Waals surface area contributed by atoms with E-state index < -0.39 is 0 Å². The number of fused-ring (bicyclic) bond motifs is 1. The molecular formula is C10H17NO2. The Morgan fingerprint density at radius 2 is 2.31 bits per heavy atom. The maximum atomic E-state index is 11.5. The monoisotopic (exact) mass is 183 g/mol. The summed E-state index contributed by atoms with van der Waals surface area (Å²) in [6.07, 6.45) is 2.57. The molecule has 0 spiro atoms. The Bertz CT molecular complexity index is 241. The van der Waals surface area contributed by atoms with Crippen molar-refractivity contribution in [3.05, 3.63) is 0 Å². The first-order valence-electron chi connectivity index (χ1n) is 5.04. The Morgan fingerprint density at radius 3 is 2.92 bits per heavy atom. The van der Waals surface area contributed by atoms with Crippen LogP contribution >= 0.6 is 0 Å². The first-order chi connectivity index (χ1) is 6.05. The van der Waals surface area contributed by atoms with Gasteiger partial charge in [0.15, 0.2) is 0 Å². The van der Waals surface area contributed by atoms with Gasteiger partial charge in [0.2, 0.25) is 5.91 Å². The number of carbonyl (C=O) groups is 1. The van der Waals surface area contributed by atoms with Crippen LogP contribution in [-0.2, 0) is 4.79 Å². The molecule has 4 atom stereocenters. The van der Waals surface area contributed by atoms with Crippen LogP contribution in [0, 0.1) is 11.3 Å². The Kier molecular flexibility index (Phi) is 1.88. The van der Waals surface area contributed by atoms with Crippen LogP contribution in [-0.4, -0.2) is 23.2 Å². The first kappa shape index (κ1) is 9.00. The molecule has 0 aromatic rings. The van der Waals surface area contributed by atoms with E-state index in [1.807, 2.05) is 6.92 Å². The molecule has 2 aliphatic rings. The molecule has 0 bridgehead atoms. The minimum atomic E-state index is -0.340. The van der Waals surface area contributed by atoms with Crippen molar-refractivity contribution in [1.29, 1.82) is 0 Å². The molecule has 1 saturated heterocycles. The van der Waals surface area contributed by atoms with Gasteiger partial charge in [-0.25, -0.2) is 0 Å². The maximum absolute atomic E-state index is 11.5. The van der Waals surface area contributed by atoms with Crippen molar-refractivity contribution in [2.24, 2.45) is 11.3 Å². The molecule has 4 unspecified atom stereocenters. The van der Waals surface area contributed by atoms with Gasteiger partial charge in [-0.2, -0.15) is 0 Å². The Labute approximate surface area is 78.5 Å². The number of carbonyl (C=O) groups excluding carboxylic acids is 1. The van der Waals surface area contributed by atoms with Gasteiger partial charge in [0, 0.05) is 11.3 Å². The van der Waals surface area contributed by atoms with E-state index in [0.29, 0.717) is 0 Å². The third kappa shape index (κ3) is 1.10. The largest absolute Gasteiger partial charge is 0.391 e. The van der Waals surface area contributed by atoms with Crippen molar-refractivity contribution >= 4 is 5.91 Å². The van der Waals surface area contributed by atoms with Gasteiger partial charge in [-0.3, -0.25) is 4.79 Å². The molecule has 0 aromatic carbocycles. The van der Waals surface area contributed by atoms with E-state index in [-0.39, 0.29) is 29.4 Å². The average Bonchev–Trinajstić information content (AvgIpc) is 2.30. The molecule has 1 heterocycles. The van der Waals surface area contributed by atoms with Gasteiger partial charge >= 0.3 is 0 Å². The van der Waals surface area contributed by atoms with Crippen molar-refractivity contribution in [3.63, 3.8) is 0 Å². The van der Waals surface area contributed by atoms with Crippen LogP contribution in [0.25, 0.3) is 0 Å². The van der Waals surface area contributed by atoms with Gasteiger partial charge in [0.25, 0.3) is 0 Å². The third-order valence-electron chi connectivity index (χ3n) is 3.99. The van der Waals surface area contributed by atoms with Crippen molar-refractivity contribution in [2.45, 2.75) is 45.3 Å². The van der Waals surface area contributed by atoms with Gasteiger partial charge in [-0.15, -0.1) is 0 Å². The van der Waals surface area contributed by atoms with E-state index in [9.17, 15) is 9.90 Å². The molecule has 3 heteroatoms. The number of aliphatic hydroxyl groups excluding tert-OH is 1. The highest BCUT2D eigenvalue weighted by Gasteiger charge is 2.53. The number of rotatable bonds is 0. The van der Waals surface area contributed by atoms with E-state index in [1.54, 1.807) is 0 Å². The first-order valence-corrected chi connectivity index (χ1v) is 5.04. The molecule has 2 fully saturated rings. The lowest BCUT2D eigenvalue weighted by Gasteiger charge is -2.40. The zero-order valence-electron chi connectivity index (χ0n) is 8.21. The van der Waals surface area contributed by atoms with E-state index in [0.717, 1.165) is 19.3 Å². The van der Waals surface area contributed by atoms with E-state index >= 15 is 0 Å². The minimum absolute atomic E-state index is 0.0104. The molecule has 0 radical (unpaired) electrons. The van der Waals surface area contributed by atoms with E-state index in [1.165, 1.54) is 0 Å². The van der Waals surface area contributed by atoms with Crippen molar-refractivity contribution in [3.8, 4) is 0 Å². The summed E-state index contributed by atoms with van der Waals surface area (Å²) in [6.45, 7) is 4.08. The SMILES string of the molecule is CC1C(=O)NC2C(O)CCCC12C. The van der Waals surface area contributed by atoms with E-state index in [4.69, 9.17) is 0 Å². The molecule has 1 saturated carbocycles. The minimum Gasteiger partial charge on any atom is -0.391 e. The summed E-state index contributed by atoms with van der Waals surface area (Å²) in [7, 11) is 0. The molecule has 1 aliphatic heterocycles. The topological polar surface area (TPSA) is 49.3 Å². The van der Waals surface area contributed by atoms with Crippen LogP contribution in [0.2, 0.25) is 0 Å². The molecule has 3 nitrogen and oxygen atoms in total. The summed E-state index contributed by atoms with van der Waals surface area (Å²) in [5.41, 5.74) is -0.0191. The summed E-state index contributed by atoms with van der Waals surface area (Å²) in [5, 5.41) is 12.7. The smallest absolute Gasteiger partial charge is 0.223 e. The molecule has 1 aliphatic carbocycles. The zero-order valence-corrected chi connectivity index (χ0v) is 8.21. The number of hydrogen-bond acceptors (Lipinski definition) is 2. The second-order valence-electron chi connectivity index (χ2n) is 4.67. The average molecular weight is 183 g/mol. The molecular weight excluding hydrogens is 166 g/mol. The van der Waals surface area contributed by atoms with Crippen LogP contribution in [0.5, 0.6) is 0 Å². The summed E-state index contributed by atoms with van der Waals surface area (Å²) in [6, 6.07) is -0.0104. The second kappa shape index (κ2) is 2.71. The third-order valence-corrected chi connectivity index (χ3v) is 3.99. The summed E-state index contributed by atoms with van der Waals surface area (Å²) >= 11 is 0. The van der Waals surface area contributed by atoms with Crippen molar-refractivity contribution in [2.75, 3.05) is 0 Å². The molecule has 2 rings (SSSR count). The fourth-order valence-electron chi connectivity index (χ4n) is 2.78. The zero-order chi connectivity index (χ0) is 9.64. The molecule has 2 N–H and O–H groups in total. The molecule has 74 valence electrons. The number of aliphatic hydroxyl groups is 1. The van der Waals surface area contributed by atoms with Gasteiger partial charge in [0.1, 0.15) is 0 Å². The van der Waals surface area contributed by atoms with E-state index in [2.05, 4.69) is 12.2 Å². The normalized spacial score (nSPS) is 50.1.